The molecule has 9 heteroatoms. The first-order valence-corrected chi connectivity index (χ1v) is 15.5. The first-order valence-electron chi connectivity index (χ1n) is 15.5. The maximum absolute atomic E-state index is 14.8. The summed E-state index contributed by atoms with van der Waals surface area (Å²) in [6, 6.07) is 18.1. The van der Waals surface area contributed by atoms with Crippen LogP contribution >= 0.6 is 0 Å². The molecule has 1 N–H and O–H groups in total. The second-order valence-corrected chi connectivity index (χ2v) is 11.5. The number of aromatic nitrogens is 2. The summed E-state index contributed by atoms with van der Waals surface area (Å²) in [4.78, 5) is 26.0. The fraction of sp³-hybridized carbons (Fsp3) is 0.306. The Bertz CT molecular complexity index is 1670. The Morgan fingerprint density at radius 3 is 2.40 bits per heavy atom. The summed E-state index contributed by atoms with van der Waals surface area (Å²) < 4.78 is 35.0. The van der Waals surface area contributed by atoms with Crippen LogP contribution in [0.4, 0.5) is 31.8 Å². The highest BCUT2D eigenvalue weighted by Gasteiger charge is 2.18. The van der Waals surface area contributed by atoms with Gasteiger partial charge >= 0.3 is 0 Å². The van der Waals surface area contributed by atoms with Crippen molar-refractivity contribution in [2.45, 2.75) is 32.1 Å². The van der Waals surface area contributed by atoms with Crippen LogP contribution in [0.15, 0.2) is 79.5 Å². The fourth-order valence-electron chi connectivity index (χ4n) is 5.93. The number of hydrogen-bond donors (Lipinski definition) is 1. The minimum absolute atomic E-state index is 0.0907. The zero-order valence-corrected chi connectivity index (χ0v) is 25.3. The monoisotopic (exact) mass is 609 g/mol. The van der Waals surface area contributed by atoms with E-state index < -0.39 is 5.82 Å². The lowest BCUT2D eigenvalue weighted by Crippen LogP contribution is -2.36. The van der Waals surface area contributed by atoms with E-state index in [0.717, 1.165) is 75.5 Å². The van der Waals surface area contributed by atoms with E-state index in [1.165, 1.54) is 18.2 Å². The number of hydrogen-bond acceptors (Lipinski definition) is 7. The molecular formula is C36H37F2N5O2. The topological polar surface area (TPSA) is 70.6 Å². The van der Waals surface area contributed by atoms with Gasteiger partial charge in [-0.15, -0.1) is 0 Å². The minimum Gasteiger partial charge on any atom is -0.378 e. The lowest BCUT2D eigenvalue weighted by atomic mass is 9.98. The third-order valence-corrected chi connectivity index (χ3v) is 8.38. The molecule has 0 amide bonds. The predicted molar refractivity (Wildman–Crippen MR) is 174 cm³/mol. The molecule has 0 saturated carbocycles. The van der Waals surface area contributed by atoms with Crippen molar-refractivity contribution in [3.05, 3.63) is 108 Å². The fourth-order valence-corrected chi connectivity index (χ4v) is 5.93. The summed E-state index contributed by atoms with van der Waals surface area (Å²) in [6.45, 7) is 8.33. The van der Waals surface area contributed by atoms with Gasteiger partial charge in [0.1, 0.15) is 11.6 Å². The molecule has 232 valence electrons. The minimum atomic E-state index is -0.460. The normalized spacial score (nSPS) is 15.2. The molecule has 2 saturated heterocycles. The molecule has 0 radical (unpaired) electrons. The number of halogens is 2. The molecule has 2 aliphatic heterocycles. The third-order valence-electron chi connectivity index (χ3n) is 8.38. The number of benzene rings is 3. The number of carbonyl (C=O) groups excluding carboxylic acids is 1. The van der Waals surface area contributed by atoms with Crippen molar-refractivity contribution < 1.29 is 18.3 Å². The highest BCUT2D eigenvalue weighted by Crippen LogP contribution is 2.31. The molecular weight excluding hydrogens is 572 g/mol. The van der Waals surface area contributed by atoms with E-state index in [0.29, 0.717) is 35.0 Å². The quantitative estimate of drug-likeness (QED) is 0.197. The molecule has 4 aromatic rings. The van der Waals surface area contributed by atoms with Crippen LogP contribution < -0.4 is 15.1 Å². The van der Waals surface area contributed by atoms with Gasteiger partial charge in [-0.25, -0.2) is 18.7 Å². The molecule has 2 fully saturated rings. The van der Waals surface area contributed by atoms with E-state index in [9.17, 15) is 13.6 Å². The Morgan fingerprint density at radius 2 is 1.64 bits per heavy atom. The molecule has 0 aliphatic carbocycles. The van der Waals surface area contributed by atoms with E-state index in [-0.39, 0.29) is 23.6 Å². The molecule has 6 rings (SSSR count). The van der Waals surface area contributed by atoms with E-state index in [4.69, 9.17) is 9.72 Å². The number of anilines is 4. The van der Waals surface area contributed by atoms with Gasteiger partial charge in [-0.1, -0.05) is 18.7 Å². The summed E-state index contributed by atoms with van der Waals surface area (Å²) in [7, 11) is 0. The SMILES string of the molecule is C=CC(=O)Cc1cc(-c2nc(Nc3ccc(F)c(N4CCCCC4)c3)ncc2Cc2ccc(N3CCOCC3)cc2)ccc1F. The van der Waals surface area contributed by atoms with Gasteiger partial charge in [-0.05, 0) is 85.0 Å². The Morgan fingerprint density at radius 1 is 0.889 bits per heavy atom. The standard InChI is InChI=1S/C36H37F2N5O2/c1-2-31(44)22-27-21-26(8-12-32(27)37)35-28(20-25-6-10-30(11-7-25)42-16-18-45-19-17-42)24-39-36(41-35)40-29-9-13-33(38)34(23-29)43-14-4-3-5-15-43/h2,6-13,21,23-24H,1,3-5,14-20,22H2,(H,39,40,41). The first-order chi connectivity index (χ1) is 22.0. The molecule has 1 aromatic heterocycles. The molecule has 7 nitrogen and oxygen atoms in total. The number of allylic oxidation sites excluding steroid dienone is 1. The highest BCUT2D eigenvalue weighted by atomic mass is 19.1. The number of piperidine rings is 1. The van der Waals surface area contributed by atoms with Crippen molar-refractivity contribution in [2.75, 3.05) is 54.5 Å². The summed E-state index contributed by atoms with van der Waals surface area (Å²) >= 11 is 0. The van der Waals surface area contributed by atoms with E-state index >= 15 is 0 Å². The lowest BCUT2D eigenvalue weighted by Gasteiger charge is -2.29. The zero-order chi connectivity index (χ0) is 31.2. The maximum Gasteiger partial charge on any atom is 0.227 e. The molecule has 0 bridgehead atoms. The van der Waals surface area contributed by atoms with Crippen molar-refractivity contribution in [3.63, 3.8) is 0 Å². The largest absolute Gasteiger partial charge is 0.378 e. The summed E-state index contributed by atoms with van der Waals surface area (Å²) in [6.07, 6.45) is 6.67. The average molecular weight is 610 g/mol. The van der Waals surface area contributed by atoms with Crippen molar-refractivity contribution in [3.8, 4) is 11.3 Å². The summed E-state index contributed by atoms with van der Waals surface area (Å²) in [5.41, 5.74) is 5.87. The van der Waals surface area contributed by atoms with Crippen LogP contribution in [0.25, 0.3) is 11.3 Å². The van der Waals surface area contributed by atoms with Crippen LogP contribution in [0.1, 0.15) is 36.0 Å². The van der Waals surface area contributed by atoms with Crippen molar-refractivity contribution in [2.24, 2.45) is 0 Å². The predicted octanol–water partition coefficient (Wildman–Crippen LogP) is 6.88. The highest BCUT2D eigenvalue weighted by molar-refractivity contribution is 5.91. The van der Waals surface area contributed by atoms with E-state index in [2.05, 4.69) is 50.9 Å². The van der Waals surface area contributed by atoms with Crippen molar-refractivity contribution >= 4 is 28.8 Å². The van der Waals surface area contributed by atoms with Gasteiger partial charge in [-0.2, -0.15) is 0 Å². The number of ketones is 1. The van der Waals surface area contributed by atoms with Crippen LogP contribution in [0.5, 0.6) is 0 Å². The molecule has 0 spiro atoms. The zero-order valence-electron chi connectivity index (χ0n) is 25.3. The van der Waals surface area contributed by atoms with Gasteiger partial charge in [-0.3, -0.25) is 4.79 Å². The van der Waals surface area contributed by atoms with Gasteiger partial charge in [0.25, 0.3) is 0 Å². The molecule has 3 heterocycles. The Labute approximate surface area is 262 Å². The van der Waals surface area contributed by atoms with Crippen LogP contribution in [-0.2, 0) is 22.4 Å². The number of carbonyl (C=O) groups is 1. The third kappa shape index (κ3) is 7.37. The second-order valence-electron chi connectivity index (χ2n) is 11.5. The Hall–Kier alpha value is -4.63. The Kier molecular flexibility index (Phi) is 9.45. The summed E-state index contributed by atoms with van der Waals surface area (Å²) in [5.74, 6) is -0.650. The van der Waals surface area contributed by atoms with Crippen LogP contribution in [0.2, 0.25) is 0 Å². The molecule has 3 aromatic carbocycles. The van der Waals surface area contributed by atoms with Crippen molar-refractivity contribution in [1.29, 1.82) is 0 Å². The van der Waals surface area contributed by atoms with E-state index in [1.54, 1.807) is 30.5 Å². The van der Waals surface area contributed by atoms with Gasteiger partial charge < -0.3 is 19.9 Å². The van der Waals surface area contributed by atoms with Gasteiger partial charge in [0.05, 0.1) is 24.6 Å². The first kappa shape index (κ1) is 30.4. The second kappa shape index (κ2) is 14.0. The molecule has 2 aliphatic rings. The number of rotatable bonds is 10. The molecule has 0 atom stereocenters. The average Bonchev–Trinajstić information content (AvgIpc) is 3.08. The van der Waals surface area contributed by atoms with Gasteiger partial charge in [0.2, 0.25) is 5.95 Å². The molecule has 45 heavy (non-hydrogen) atoms. The van der Waals surface area contributed by atoms with E-state index in [1.807, 2.05) is 0 Å². The summed E-state index contributed by atoms with van der Waals surface area (Å²) in [5, 5.41) is 3.25. The number of nitrogens with zero attached hydrogens (tertiary/aromatic N) is 4. The number of ether oxygens (including phenoxy) is 1. The van der Waals surface area contributed by atoms with Crippen LogP contribution in [0, 0.1) is 11.6 Å². The smallest absolute Gasteiger partial charge is 0.227 e. The Balaban J connectivity index is 1.32. The number of nitrogens with one attached hydrogen (secondary N) is 1. The van der Waals surface area contributed by atoms with Crippen LogP contribution in [-0.4, -0.2) is 55.1 Å². The van der Waals surface area contributed by atoms with Gasteiger partial charge in [0, 0.05) is 67.7 Å². The molecule has 0 unspecified atom stereocenters. The van der Waals surface area contributed by atoms with Gasteiger partial charge in [0.15, 0.2) is 5.78 Å². The van der Waals surface area contributed by atoms with Crippen molar-refractivity contribution in [1.82, 2.24) is 9.97 Å². The lowest BCUT2D eigenvalue weighted by molar-refractivity contribution is -0.114. The maximum atomic E-state index is 14.8. The van der Waals surface area contributed by atoms with Crippen LogP contribution in [0.3, 0.4) is 0 Å². The number of morpholine rings is 1.